The van der Waals surface area contributed by atoms with Gasteiger partial charge in [0, 0.05) is 39.3 Å². The van der Waals surface area contributed by atoms with Crippen molar-refractivity contribution in [2.75, 3.05) is 4.90 Å². The first-order chi connectivity index (χ1) is 18.5. The molecule has 13 heteroatoms. The predicted octanol–water partition coefficient (Wildman–Crippen LogP) is 10.1. The summed E-state index contributed by atoms with van der Waals surface area (Å²) in [7, 11) is 0. The number of rotatable bonds is 3. The number of hydrogen-bond acceptors (Lipinski definition) is 1. The highest BCUT2D eigenvalue weighted by molar-refractivity contribution is 5.79. The van der Waals surface area contributed by atoms with E-state index in [-0.39, 0.29) is 5.69 Å². The molecule has 2 aliphatic rings. The lowest BCUT2D eigenvalue weighted by Crippen LogP contribution is -2.43. The van der Waals surface area contributed by atoms with Gasteiger partial charge in [0.1, 0.15) is 0 Å². The molecule has 0 aliphatic heterocycles. The number of fused-ring (bicyclic) bond motifs is 2. The molecule has 5 rings (SSSR count). The van der Waals surface area contributed by atoms with Crippen LogP contribution in [0.4, 0.5) is 69.7 Å². The maximum absolute atomic E-state index is 14.6. The average molecular weight is 597 g/mol. The fourth-order valence-corrected chi connectivity index (χ4v) is 5.04. The molecule has 0 spiro atoms. The average Bonchev–Trinajstić information content (AvgIpc) is 3.04. The van der Waals surface area contributed by atoms with Crippen LogP contribution in [0, 0.1) is 0 Å². The quantitative estimate of drug-likeness (QED) is 0.272. The molecule has 0 atom stereocenters. The predicted molar refractivity (Wildman–Crippen MR) is 125 cm³/mol. The molecule has 0 saturated carbocycles. The summed E-state index contributed by atoms with van der Waals surface area (Å²) >= 11 is 0. The highest BCUT2D eigenvalue weighted by Crippen LogP contribution is 2.65. The first kappa shape index (κ1) is 29.1. The Kier molecular flexibility index (Phi) is 5.77. The summed E-state index contributed by atoms with van der Waals surface area (Å²) in [6, 6.07) is 8.49. The minimum absolute atomic E-state index is 0.0300. The second-order valence-corrected chi connectivity index (χ2v) is 11.0. The molecule has 0 N–H and O–H groups in total. The van der Waals surface area contributed by atoms with Crippen LogP contribution in [0.5, 0.6) is 0 Å². The van der Waals surface area contributed by atoms with E-state index in [4.69, 9.17) is 0 Å². The highest BCUT2D eigenvalue weighted by Gasteiger charge is 2.80. The molecule has 220 valence electrons. The van der Waals surface area contributed by atoms with Crippen molar-refractivity contribution in [3.63, 3.8) is 0 Å². The molecule has 2 aliphatic carbocycles. The Morgan fingerprint density at radius 2 is 0.756 bits per heavy atom. The van der Waals surface area contributed by atoms with Crippen LogP contribution in [0.1, 0.15) is 48.6 Å². The lowest BCUT2D eigenvalue weighted by atomic mass is 9.87. The van der Waals surface area contributed by atoms with E-state index in [0.29, 0.717) is 24.3 Å². The SMILES string of the molecule is CC(C)(C)c1ccc(N(c2ccc3c(c2)C(F)(F)C(F)(F)C3(F)F)c2ccc3c(c2)C(F)(F)C(F)(F)C3(F)F)cc1. The zero-order chi connectivity index (χ0) is 30.8. The fraction of sp³-hybridized carbons (Fsp3) is 0.357. The molecule has 0 fully saturated rings. The van der Waals surface area contributed by atoms with Crippen LogP contribution in [-0.4, -0.2) is 11.8 Å². The fourth-order valence-electron chi connectivity index (χ4n) is 5.04. The molecular weight excluding hydrogens is 578 g/mol. The van der Waals surface area contributed by atoms with Gasteiger partial charge in [-0.15, -0.1) is 0 Å². The first-order valence-corrected chi connectivity index (χ1v) is 12.0. The van der Waals surface area contributed by atoms with Gasteiger partial charge < -0.3 is 4.90 Å². The molecule has 0 unspecified atom stereocenters. The largest absolute Gasteiger partial charge is 0.380 e. The first-order valence-electron chi connectivity index (χ1n) is 12.0. The van der Waals surface area contributed by atoms with Gasteiger partial charge in [0.25, 0.3) is 0 Å². The minimum Gasteiger partial charge on any atom is -0.310 e. The molecule has 0 heterocycles. The Morgan fingerprint density at radius 3 is 1.10 bits per heavy atom. The van der Waals surface area contributed by atoms with Gasteiger partial charge in [-0.05, 0) is 47.4 Å². The van der Waals surface area contributed by atoms with E-state index in [1.807, 2.05) is 20.8 Å². The maximum atomic E-state index is 14.6. The third-order valence-electron chi connectivity index (χ3n) is 7.44. The topological polar surface area (TPSA) is 3.24 Å². The van der Waals surface area contributed by atoms with Gasteiger partial charge in [0.05, 0.1) is 0 Å². The third-order valence-corrected chi connectivity index (χ3v) is 7.44. The minimum atomic E-state index is -5.80. The van der Waals surface area contributed by atoms with E-state index in [2.05, 4.69) is 0 Å². The van der Waals surface area contributed by atoms with E-state index >= 15 is 0 Å². The Labute approximate surface area is 225 Å². The molecule has 1 nitrogen and oxygen atoms in total. The van der Waals surface area contributed by atoms with Crippen LogP contribution >= 0.6 is 0 Å². The monoisotopic (exact) mass is 597 g/mol. The summed E-state index contributed by atoms with van der Waals surface area (Å²) < 4.78 is 172. The van der Waals surface area contributed by atoms with Crippen molar-refractivity contribution in [1.29, 1.82) is 0 Å². The zero-order valence-electron chi connectivity index (χ0n) is 21.3. The summed E-state index contributed by atoms with van der Waals surface area (Å²) in [6.07, 6.45) is 0. The lowest BCUT2D eigenvalue weighted by Gasteiger charge is -2.28. The van der Waals surface area contributed by atoms with E-state index in [0.717, 1.165) is 22.6 Å². The summed E-state index contributed by atoms with van der Waals surface area (Å²) in [5.41, 5.74) is -7.60. The van der Waals surface area contributed by atoms with Crippen LogP contribution in [0.3, 0.4) is 0 Å². The second-order valence-electron chi connectivity index (χ2n) is 11.0. The molecule has 0 aromatic heterocycles. The standard InChI is InChI=1S/C28H19F12N/c1-22(2,3)14-4-6-15(7-5-14)41(16-8-10-18-20(12-16)25(33,34)27(37,38)23(18,29)30)17-9-11-19-21(13-17)26(35,36)28(39,40)24(19,31)32/h4-13H,1-3H3. The van der Waals surface area contributed by atoms with Gasteiger partial charge in [-0.2, -0.15) is 52.7 Å². The Balaban J connectivity index is 1.74. The van der Waals surface area contributed by atoms with Gasteiger partial charge in [0.2, 0.25) is 0 Å². The van der Waals surface area contributed by atoms with Crippen molar-refractivity contribution < 1.29 is 52.7 Å². The van der Waals surface area contributed by atoms with E-state index in [1.165, 1.54) is 24.3 Å². The van der Waals surface area contributed by atoms with Crippen molar-refractivity contribution in [2.45, 2.75) is 61.7 Å². The molecular formula is C28H19F12N. The van der Waals surface area contributed by atoms with E-state index < -0.39 is 74.6 Å². The number of alkyl halides is 12. The van der Waals surface area contributed by atoms with Crippen LogP contribution in [0.15, 0.2) is 60.7 Å². The van der Waals surface area contributed by atoms with Crippen LogP contribution in [-0.2, 0) is 29.1 Å². The van der Waals surface area contributed by atoms with Crippen LogP contribution in [0.25, 0.3) is 0 Å². The lowest BCUT2D eigenvalue weighted by molar-refractivity contribution is -0.302. The maximum Gasteiger partial charge on any atom is 0.380 e. The second kappa shape index (κ2) is 8.13. The Hall–Kier alpha value is -3.38. The number of anilines is 3. The molecule has 0 bridgehead atoms. The van der Waals surface area contributed by atoms with Gasteiger partial charge in [-0.3, -0.25) is 0 Å². The van der Waals surface area contributed by atoms with Crippen LogP contribution < -0.4 is 4.90 Å². The zero-order valence-corrected chi connectivity index (χ0v) is 21.3. The Bertz CT molecular complexity index is 1450. The summed E-state index contributed by atoms with van der Waals surface area (Å²) in [4.78, 5) is 0.850. The molecule has 41 heavy (non-hydrogen) atoms. The molecule has 0 saturated heterocycles. The Morgan fingerprint density at radius 1 is 0.439 bits per heavy atom. The summed E-state index contributed by atoms with van der Waals surface area (Å²) in [6.45, 7) is 5.52. The van der Waals surface area contributed by atoms with Crippen molar-refractivity contribution in [3.8, 4) is 0 Å². The van der Waals surface area contributed by atoms with E-state index in [1.54, 1.807) is 0 Å². The molecule has 3 aromatic rings. The highest BCUT2D eigenvalue weighted by atomic mass is 19.4. The molecule has 0 radical (unpaired) electrons. The summed E-state index contributed by atoms with van der Waals surface area (Å²) in [5.74, 6) is -32.8. The number of halogens is 12. The third kappa shape index (κ3) is 3.59. The van der Waals surface area contributed by atoms with E-state index in [9.17, 15) is 52.7 Å². The number of benzene rings is 3. The number of nitrogens with zero attached hydrogens (tertiary/aromatic N) is 1. The summed E-state index contributed by atoms with van der Waals surface area (Å²) in [5, 5.41) is 0. The van der Waals surface area contributed by atoms with Crippen molar-refractivity contribution in [1.82, 2.24) is 0 Å². The van der Waals surface area contributed by atoms with Gasteiger partial charge >= 0.3 is 35.5 Å². The molecule has 3 aromatic carbocycles. The van der Waals surface area contributed by atoms with Gasteiger partial charge in [-0.1, -0.05) is 45.0 Å². The van der Waals surface area contributed by atoms with Crippen molar-refractivity contribution in [3.05, 3.63) is 88.5 Å². The van der Waals surface area contributed by atoms with Gasteiger partial charge in [0.15, 0.2) is 0 Å². The van der Waals surface area contributed by atoms with Gasteiger partial charge in [-0.25, -0.2) is 0 Å². The van der Waals surface area contributed by atoms with Crippen molar-refractivity contribution in [2.24, 2.45) is 0 Å². The smallest absolute Gasteiger partial charge is 0.310 e. The molecule has 0 amide bonds. The van der Waals surface area contributed by atoms with Crippen molar-refractivity contribution >= 4 is 17.1 Å². The normalized spacial score (nSPS) is 22.2. The number of hydrogen-bond donors (Lipinski definition) is 0. The van der Waals surface area contributed by atoms with Crippen LogP contribution in [0.2, 0.25) is 0 Å².